The first-order valence-electron chi connectivity index (χ1n) is 4.71. The fourth-order valence-corrected chi connectivity index (χ4v) is 1.34. The van der Waals surface area contributed by atoms with Crippen LogP contribution in [0, 0.1) is 0 Å². The van der Waals surface area contributed by atoms with E-state index in [1.54, 1.807) is 0 Å². The number of likely N-dealkylation sites (N-methyl/N-ethyl adjacent to an activating group) is 1. The maximum atomic E-state index is 4.47. The van der Waals surface area contributed by atoms with Crippen molar-refractivity contribution in [2.75, 3.05) is 20.1 Å². The zero-order valence-electron chi connectivity index (χ0n) is 8.22. The second-order valence-corrected chi connectivity index (χ2v) is 3.26. The van der Waals surface area contributed by atoms with Crippen molar-refractivity contribution in [2.24, 2.45) is 10.1 Å². The van der Waals surface area contributed by atoms with Crippen molar-refractivity contribution < 1.29 is 0 Å². The Bertz CT molecular complexity index is 354. The number of benzene rings is 1. The van der Waals surface area contributed by atoms with Gasteiger partial charge in [-0.25, -0.2) is 0 Å². The average Bonchev–Trinajstić information content (AvgIpc) is 2.44. The largest absolute Gasteiger partial charge is 0.298 e. The predicted molar refractivity (Wildman–Crippen MR) is 59.0 cm³/mol. The topological polar surface area (TPSA) is 28.0 Å². The maximum absolute atomic E-state index is 4.47. The van der Waals surface area contributed by atoms with Gasteiger partial charge in [-0.1, -0.05) is 30.3 Å². The number of nitrogens with zero attached hydrogens (tertiary/aromatic N) is 3. The molecule has 0 bridgehead atoms. The van der Waals surface area contributed by atoms with E-state index in [9.17, 15) is 0 Å². The van der Waals surface area contributed by atoms with Crippen molar-refractivity contribution in [3.05, 3.63) is 35.9 Å². The van der Waals surface area contributed by atoms with Gasteiger partial charge in [-0.05, 0) is 0 Å². The first-order chi connectivity index (χ1) is 6.86. The zero-order chi connectivity index (χ0) is 9.80. The molecule has 0 atom stereocenters. The van der Waals surface area contributed by atoms with Crippen molar-refractivity contribution in [3.63, 3.8) is 0 Å². The van der Waals surface area contributed by atoms with Gasteiger partial charge in [0.15, 0.2) is 0 Å². The van der Waals surface area contributed by atoms with Crippen LogP contribution < -0.4 is 0 Å². The second kappa shape index (κ2) is 4.05. The summed E-state index contributed by atoms with van der Waals surface area (Å²) in [5.74, 6) is 0. The molecule has 1 aliphatic rings. The number of hydrazone groups is 1. The SMILES string of the molecule is CN1CCN=C(c2ccccc2)C=N1. The molecule has 0 amide bonds. The van der Waals surface area contributed by atoms with Crippen LogP contribution >= 0.6 is 0 Å². The molecule has 2 rings (SSSR count). The van der Waals surface area contributed by atoms with Crippen molar-refractivity contribution >= 4 is 11.9 Å². The van der Waals surface area contributed by atoms with Crippen LogP contribution in [0.15, 0.2) is 40.4 Å². The molecule has 0 N–H and O–H groups in total. The minimum absolute atomic E-state index is 0.806. The Morgan fingerprint density at radius 1 is 1.21 bits per heavy atom. The highest BCUT2D eigenvalue weighted by molar-refractivity contribution is 6.38. The lowest BCUT2D eigenvalue weighted by Crippen LogP contribution is -2.13. The van der Waals surface area contributed by atoms with E-state index < -0.39 is 0 Å². The summed E-state index contributed by atoms with van der Waals surface area (Å²) in [6.07, 6.45) is 1.82. The van der Waals surface area contributed by atoms with Gasteiger partial charge in [0.05, 0.1) is 25.0 Å². The van der Waals surface area contributed by atoms with E-state index in [4.69, 9.17) is 0 Å². The number of rotatable bonds is 1. The van der Waals surface area contributed by atoms with Crippen LogP contribution in [0.2, 0.25) is 0 Å². The average molecular weight is 187 g/mol. The third-order valence-electron chi connectivity index (χ3n) is 2.15. The summed E-state index contributed by atoms with van der Waals surface area (Å²) in [6, 6.07) is 10.1. The Morgan fingerprint density at radius 2 is 2.00 bits per heavy atom. The fraction of sp³-hybridized carbons (Fsp3) is 0.273. The smallest absolute Gasteiger partial charge is 0.0847 e. The highest BCUT2D eigenvalue weighted by Crippen LogP contribution is 2.02. The number of aliphatic imine (C=N–C) groups is 1. The molecule has 0 fully saturated rings. The minimum atomic E-state index is 0.806. The maximum Gasteiger partial charge on any atom is 0.0847 e. The lowest BCUT2D eigenvalue weighted by molar-refractivity contribution is 0.370. The van der Waals surface area contributed by atoms with E-state index in [0.29, 0.717) is 0 Å². The molecular formula is C11H13N3. The molecular weight excluding hydrogens is 174 g/mol. The molecule has 0 saturated carbocycles. The molecule has 1 heterocycles. The van der Waals surface area contributed by atoms with Crippen molar-refractivity contribution in [1.29, 1.82) is 0 Å². The van der Waals surface area contributed by atoms with E-state index in [1.165, 1.54) is 0 Å². The van der Waals surface area contributed by atoms with Crippen molar-refractivity contribution in [1.82, 2.24) is 5.01 Å². The number of hydrogen-bond donors (Lipinski definition) is 0. The van der Waals surface area contributed by atoms with Crippen LogP contribution in [0.25, 0.3) is 0 Å². The molecule has 0 saturated heterocycles. The van der Waals surface area contributed by atoms with Crippen LogP contribution in [0.4, 0.5) is 0 Å². The normalized spacial score (nSPS) is 16.4. The minimum Gasteiger partial charge on any atom is -0.298 e. The molecule has 3 heteroatoms. The molecule has 3 nitrogen and oxygen atoms in total. The van der Waals surface area contributed by atoms with Crippen molar-refractivity contribution in [2.45, 2.75) is 0 Å². The van der Waals surface area contributed by atoms with E-state index in [-0.39, 0.29) is 0 Å². The first kappa shape index (κ1) is 8.94. The molecule has 0 spiro atoms. The molecule has 0 aromatic heterocycles. The monoisotopic (exact) mass is 187 g/mol. The van der Waals surface area contributed by atoms with Gasteiger partial charge in [0.2, 0.25) is 0 Å². The van der Waals surface area contributed by atoms with Crippen LogP contribution in [0.1, 0.15) is 5.56 Å². The summed E-state index contributed by atoms with van der Waals surface area (Å²) in [7, 11) is 1.96. The van der Waals surface area contributed by atoms with Gasteiger partial charge in [0.25, 0.3) is 0 Å². The summed E-state index contributed by atoms with van der Waals surface area (Å²) < 4.78 is 0. The van der Waals surface area contributed by atoms with Crippen LogP contribution in [0.5, 0.6) is 0 Å². The van der Waals surface area contributed by atoms with E-state index >= 15 is 0 Å². The van der Waals surface area contributed by atoms with E-state index in [2.05, 4.69) is 22.2 Å². The quantitative estimate of drug-likeness (QED) is 0.653. The lowest BCUT2D eigenvalue weighted by atomic mass is 10.1. The summed E-state index contributed by atoms with van der Waals surface area (Å²) in [5, 5.41) is 6.16. The molecule has 0 radical (unpaired) electrons. The third kappa shape index (κ3) is 1.99. The fourth-order valence-electron chi connectivity index (χ4n) is 1.34. The summed E-state index contributed by atoms with van der Waals surface area (Å²) in [4.78, 5) is 4.47. The van der Waals surface area contributed by atoms with Gasteiger partial charge >= 0.3 is 0 Å². The first-order valence-corrected chi connectivity index (χ1v) is 4.71. The van der Waals surface area contributed by atoms with Gasteiger partial charge in [-0.3, -0.25) is 10.0 Å². The molecule has 1 aliphatic heterocycles. The molecule has 0 aliphatic carbocycles. The molecule has 72 valence electrons. The Labute approximate surface area is 83.8 Å². The molecule has 1 aromatic carbocycles. The van der Waals surface area contributed by atoms with Gasteiger partial charge < -0.3 is 0 Å². The van der Waals surface area contributed by atoms with Gasteiger partial charge in [-0.15, -0.1) is 0 Å². The van der Waals surface area contributed by atoms with Crippen LogP contribution in [-0.4, -0.2) is 37.1 Å². The third-order valence-corrected chi connectivity index (χ3v) is 2.15. The summed E-state index contributed by atoms with van der Waals surface area (Å²) in [5.41, 5.74) is 2.10. The number of hydrogen-bond acceptors (Lipinski definition) is 3. The Morgan fingerprint density at radius 3 is 2.79 bits per heavy atom. The summed E-state index contributed by atoms with van der Waals surface area (Å²) in [6.45, 7) is 1.69. The molecule has 1 aromatic rings. The zero-order valence-corrected chi connectivity index (χ0v) is 8.22. The standard InChI is InChI=1S/C11H13N3/c1-14-8-7-12-11(9-13-14)10-5-3-2-4-6-10/h2-6,9H,7-8H2,1H3. The van der Waals surface area contributed by atoms with E-state index in [0.717, 1.165) is 24.4 Å². The Hall–Kier alpha value is -1.64. The highest BCUT2D eigenvalue weighted by atomic mass is 15.4. The van der Waals surface area contributed by atoms with Crippen LogP contribution in [0.3, 0.4) is 0 Å². The molecule has 14 heavy (non-hydrogen) atoms. The Balaban J connectivity index is 2.26. The lowest BCUT2D eigenvalue weighted by Gasteiger charge is -2.06. The molecule has 0 unspecified atom stereocenters. The van der Waals surface area contributed by atoms with Gasteiger partial charge in [0, 0.05) is 12.6 Å². The Kier molecular flexibility index (Phi) is 2.58. The summed E-state index contributed by atoms with van der Waals surface area (Å²) >= 11 is 0. The van der Waals surface area contributed by atoms with E-state index in [1.807, 2.05) is 36.5 Å². The van der Waals surface area contributed by atoms with Gasteiger partial charge in [0.1, 0.15) is 0 Å². The predicted octanol–water partition coefficient (Wildman–Crippen LogP) is 1.41. The van der Waals surface area contributed by atoms with Crippen molar-refractivity contribution in [3.8, 4) is 0 Å². The highest BCUT2D eigenvalue weighted by Gasteiger charge is 2.03. The second-order valence-electron chi connectivity index (χ2n) is 3.26. The van der Waals surface area contributed by atoms with Crippen LogP contribution in [-0.2, 0) is 0 Å². The van der Waals surface area contributed by atoms with Gasteiger partial charge in [-0.2, -0.15) is 5.10 Å².